The lowest BCUT2D eigenvalue weighted by atomic mass is 9.94. The second kappa shape index (κ2) is 7.45. The van der Waals surface area contributed by atoms with Gasteiger partial charge in [-0.15, -0.1) is 0 Å². The van der Waals surface area contributed by atoms with Crippen molar-refractivity contribution in [1.29, 1.82) is 0 Å². The SMILES string of the molecule is Cc1nn(C)c(C)c1[C@H]1OCC[C@@H]1CNC(=O)c1ccc(N(C)C)nc1. The minimum atomic E-state index is -0.104. The van der Waals surface area contributed by atoms with E-state index < -0.39 is 0 Å². The minimum absolute atomic E-state index is 0.0155. The van der Waals surface area contributed by atoms with E-state index in [1.54, 1.807) is 12.3 Å². The van der Waals surface area contributed by atoms with Crippen molar-refractivity contribution in [2.75, 3.05) is 32.1 Å². The highest BCUT2D eigenvalue weighted by Gasteiger charge is 2.33. The molecule has 0 bridgehead atoms. The van der Waals surface area contributed by atoms with Crippen LogP contribution in [0, 0.1) is 19.8 Å². The van der Waals surface area contributed by atoms with Crippen LogP contribution in [-0.4, -0.2) is 47.9 Å². The summed E-state index contributed by atoms with van der Waals surface area (Å²) in [7, 11) is 5.79. The van der Waals surface area contributed by atoms with Crippen molar-refractivity contribution in [3.63, 3.8) is 0 Å². The number of rotatable bonds is 5. The van der Waals surface area contributed by atoms with Crippen LogP contribution < -0.4 is 10.2 Å². The van der Waals surface area contributed by atoms with Crippen molar-refractivity contribution < 1.29 is 9.53 Å². The largest absolute Gasteiger partial charge is 0.373 e. The predicted molar refractivity (Wildman–Crippen MR) is 100 cm³/mol. The van der Waals surface area contributed by atoms with Crippen LogP contribution in [0.3, 0.4) is 0 Å². The Bertz CT molecular complexity index is 782. The third-order valence-corrected chi connectivity index (χ3v) is 5.06. The number of amides is 1. The van der Waals surface area contributed by atoms with Crippen LogP contribution >= 0.6 is 0 Å². The monoisotopic (exact) mass is 357 g/mol. The van der Waals surface area contributed by atoms with E-state index in [2.05, 4.69) is 22.3 Å². The molecule has 26 heavy (non-hydrogen) atoms. The van der Waals surface area contributed by atoms with Crippen LogP contribution in [0.4, 0.5) is 5.82 Å². The Morgan fingerprint density at radius 1 is 1.38 bits per heavy atom. The van der Waals surface area contributed by atoms with E-state index in [1.165, 1.54) is 0 Å². The molecule has 3 rings (SSSR count). The highest BCUT2D eigenvalue weighted by atomic mass is 16.5. The Morgan fingerprint density at radius 3 is 2.73 bits per heavy atom. The standard InChI is InChI=1S/C19H27N5O2/c1-12-17(13(2)24(5)22-12)18-14(8-9-26-18)10-21-19(25)15-6-7-16(20-11-15)23(3)4/h6-7,11,14,18H,8-10H2,1-5H3,(H,21,25)/t14-,18+/m1/s1. The topological polar surface area (TPSA) is 72.3 Å². The number of hydrogen-bond donors (Lipinski definition) is 1. The molecular weight excluding hydrogens is 330 g/mol. The van der Waals surface area contributed by atoms with Crippen LogP contribution in [0.15, 0.2) is 18.3 Å². The molecule has 0 unspecified atom stereocenters. The molecule has 7 heteroatoms. The average molecular weight is 357 g/mol. The zero-order valence-electron chi connectivity index (χ0n) is 16.1. The van der Waals surface area contributed by atoms with Crippen molar-refractivity contribution in [3.8, 4) is 0 Å². The number of aromatic nitrogens is 3. The van der Waals surface area contributed by atoms with Crippen LogP contribution in [0.25, 0.3) is 0 Å². The van der Waals surface area contributed by atoms with Crippen LogP contribution in [-0.2, 0) is 11.8 Å². The Balaban J connectivity index is 1.65. The first-order chi connectivity index (χ1) is 12.4. The maximum atomic E-state index is 12.4. The highest BCUT2D eigenvalue weighted by Crippen LogP contribution is 2.37. The molecule has 1 aliphatic heterocycles. The van der Waals surface area contributed by atoms with Gasteiger partial charge in [0.1, 0.15) is 5.82 Å². The van der Waals surface area contributed by atoms with Gasteiger partial charge in [-0.2, -0.15) is 5.10 Å². The molecule has 1 N–H and O–H groups in total. The maximum Gasteiger partial charge on any atom is 0.252 e. The van der Waals surface area contributed by atoms with Gasteiger partial charge in [-0.1, -0.05) is 0 Å². The highest BCUT2D eigenvalue weighted by molar-refractivity contribution is 5.94. The lowest BCUT2D eigenvalue weighted by Gasteiger charge is -2.20. The van der Waals surface area contributed by atoms with E-state index in [1.807, 2.05) is 43.7 Å². The molecule has 2 aromatic rings. The van der Waals surface area contributed by atoms with Gasteiger partial charge in [-0.05, 0) is 32.4 Å². The first-order valence-electron chi connectivity index (χ1n) is 8.91. The zero-order valence-corrected chi connectivity index (χ0v) is 16.1. The summed E-state index contributed by atoms with van der Waals surface area (Å²) in [6.45, 7) is 5.35. The molecule has 0 radical (unpaired) electrons. The van der Waals surface area contributed by atoms with Crippen LogP contribution in [0.5, 0.6) is 0 Å². The number of ether oxygens (including phenoxy) is 1. The van der Waals surface area contributed by atoms with Crippen molar-refractivity contribution in [3.05, 3.63) is 40.8 Å². The molecular formula is C19H27N5O2. The Morgan fingerprint density at radius 2 is 2.15 bits per heavy atom. The third kappa shape index (κ3) is 3.58. The normalized spacial score (nSPS) is 19.6. The van der Waals surface area contributed by atoms with E-state index in [4.69, 9.17) is 4.74 Å². The summed E-state index contributed by atoms with van der Waals surface area (Å²) in [6, 6.07) is 3.65. The predicted octanol–water partition coefficient (Wildman–Crippen LogP) is 2.01. The van der Waals surface area contributed by atoms with Gasteiger partial charge in [0.05, 0.1) is 17.4 Å². The van der Waals surface area contributed by atoms with E-state index in [9.17, 15) is 4.79 Å². The Labute approximate surface area is 154 Å². The second-order valence-corrected chi connectivity index (χ2v) is 7.06. The van der Waals surface area contributed by atoms with Crippen molar-refractivity contribution in [2.45, 2.75) is 26.4 Å². The van der Waals surface area contributed by atoms with Gasteiger partial charge in [0.25, 0.3) is 5.91 Å². The van der Waals surface area contributed by atoms with Crippen LogP contribution in [0.2, 0.25) is 0 Å². The fourth-order valence-electron chi connectivity index (χ4n) is 3.47. The molecule has 2 atom stereocenters. The molecule has 0 spiro atoms. The summed E-state index contributed by atoms with van der Waals surface area (Å²) in [5.41, 5.74) is 3.84. The molecule has 1 amide bonds. The number of nitrogens with one attached hydrogen (secondary N) is 1. The Kier molecular flexibility index (Phi) is 5.27. The summed E-state index contributed by atoms with van der Waals surface area (Å²) >= 11 is 0. The summed E-state index contributed by atoms with van der Waals surface area (Å²) in [5, 5.41) is 7.53. The number of hydrogen-bond acceptors (Lipinski definition) is 5. The zero-order chi connectivity index (χ0) is 18.8. The fourth-order valence-corrected chi connectivity index (χ4v) is 3.47. The molecule has 1 fully saturated rings. The molecule has 0 saturated carbocycles. The van der Waals surface area contributed by atoms with E-state index in [-0.39, 0.29) is 17.9 Å². The molecule has 1 saturated heterocycles. The molecule has 0 aromatic carbocycles. The first kappa shape index (κ1) is 18.4. The third-order valence-electron chi connectivity index (χ3n) is 5.06. The molecule has 2 aromatic heterocycles. The number of pyridine rings is 1. The average Bonchev–Trinajstić information content (AvgIpc) is 3.16. The molecule has 1 aliphatic rings. The maximum absolute atomic E-state index is 12.4. The lowest BCUT2D eigenvalue weighted by Crippen LogP contribution is -2.31. The summed E-state index contributed by atoms with van der Waals surface area (Å²) in [6.07, 6.45) is 2.53. The first-order valence-corrected chi connectivity index (χ1v) is 8.91. The van der Waals surface area contributed by atoms with E-state index in [0.29, 0.717) is 18.7 Å². The Hall–Kier alpha value is -2.41. The number of carbonyl (C=O) groups is 1. The number of carbonyl (C=O) groups excluding carboxylic acids is 1. The molecule has 7 nitrogen and oxygen atoms in total. The van der Waals surface area contributed by atoms with Gasteiger partial charge in [0.2, 0.25) is 0 Å². The summed E-state index contributed by atoms with van der Waals surface area (Å²) in [4.78, 5) is 18.6. The summed E-state index contributed by atoms with van der Waals surface area (Å²) in [5.74, 6) is 0.968. The second-order valence-electron chi connectivity index (χ2n) is 7.06. The fraction of sp³-hybridized carbons (Fsp3) is 0.526. The number of nitrogens with zero attached hydrogens (tertiary/aromatic N) is 4. The lowest BCUT2D eigenvalue weighted by molar-refractivity contribution is 0.0840. The van der Waals surface area contributed by atoms with E-state index in [0.717, 1.165) is 29.2 Å². The quantitative estimate of drug-likeness (QED) is 0.886. The number of aryl methyl sites for hydroxylation is 2. The smallest absolute Gasteiger partial charge is 0.252 e. The summed E-state index contributed by atoms with van der Waals surface area (Å²) < 4.78 is 7.87. The van der Waals surface area contributed by atoms with Crippen molar-refractivity contribution in [2.24, 2.45) is 13.0 Å². The minimum Gasteiger partial charge on any atom is -0.373 e. The number of anilines is 1. The van der Waals surface area contributed by atoms with Crippen molar-refractivity contribution in [1.82, 2.24) is 20.1 Å². The van der Waals surface area contributed by atoms with Crippen molar-refractivity contribution >= 4 is 11.7 Å². The van der Waals surface area contributed by atoms with Gasteiger partial charge in [0.15, 0.2) is 0 Å². The van der Waals surface area contributed by atoms with Gasteiger partial charge >= 0.3 is 0 Å². The molecule has 0 aliphatic carbocycles. The molecule has 3 heterocycles. The van der Waals surface area contributed by atoms with Gasteiger partial charge in [0, 0.05) is 57.7 Å². The van der Waals surface area contributed by atoms with Gasteiger partial charge in [-0.25, -0.2) is 4.98 Å². The van der Waals surface area contributed by atoms with Crippen LogP contribution in [0.1, 0.15) is 39.8 Å². The van der Waals surface area contributed by atoms with E-state index >= 15 is 0 Å². The van der Waals surface area contributed by atoms with Gasteiger partial charge < -0.3 is 15.0 Å². The molecule has 140 valence electrons. The van der Waals surface area contributed by atoms with Gasteiger partial charge in [-0.3, -0.25) is 9.48 Å².